The van der Waals surface area contributed by atoms with Gasteiger partial charge >= 0.3 is 0 Å². The van der Waals surface area contributed by atoms with Gasteiger partial charge in [0.05, 0.1) is 0 Å². The molecule has 0 heterocycles. The highest BCUT2D eigenvalue weighted by Crippen LogP contribution is 2.47. The van der Waals surface area contributed by atoms with E-state index in [1.54, 1.807) is 0 Å². The molecular weight excluding hydrogens is 348 g/mol. The third-order valence-corrected chi connectivity index (χ3v) is 7.98. The van der Waals surface area contributed by atoms with Crippen molar-refractivity contribution in [3.05, 3.63) is 0 Å². The molecule has 0 aliphatic rings. The lowest BCUT2D eigenvalue weighted by atomic mass is 9.60. The summed E-state index contributed by atoms with van der Waals surface area (Å²) < 4.78 is 0. The molecule has 4 atom stereocenters. The molecule has 176 valence electrons. The first kappa shape index (κ1) is 29.0. The molecule has 0 radical (unpaired) electrons. The van der Waals surface area contributed by atoms with Crippen LogP contribution in [0.15, 0.2) is 0 Å². The van der Waals surface area contributed by atoms with Crippen LogP contribution >= 0.6 is 0 Å². The highest BCUT2D eigenvalue weighted by atomic mass is 14.4. The molecule has 0 spiro atoms. The molecule has 0 aliphatic carbocycles. The van der Waals surface area contributed by atoms with E-state index in [9.17, 15) is 0 Å². The number of hydrogen-bond acceptors (Lipinski definition) is 0. The first-order valence-corrected chi connectivity index (χ1v) is 13.4. The van der Waals surface area contributed by atoms with E-state index in [-0.39, 0.29) is 0 Å². The zero-order chi connectivity index (χ0) is 22.6. The topological polar surface area (TPSA) is 0 Å². The summed E-state index contributed by atoms with van der Waals surface area (Å²) in [6, 6.07) is 0. The van der Waals surface area contributed by atoms with Gasteiger partial charge in [0.1, 0.15) is 0 Å². The lowest BCUT2D eigenvalue weighted by molar-refractivity contribution is 0.0457. The Kier molecular flexibility index (Phi) is 14.9. The average Bonchev–Trinajstić information content (AvgIpc) is 2.58. The molecule has 0 aromatic carbocycles. The van der Waals surface area contributed by atoms with Gasteiger partial charge in [0.25, 0.3) is 0 Å². The fraction of sp³-hybridized carbons (Fsp3) is 1.00. The van der Waals surface area contributed by atoms with Crippen LogP contribution in [0.5, 0.6) is 0 Å². The Hall–Kier alpha value is 0. The minimum atomic E-state index is 0.489. The molecule has 0 aromatic rings. The molecule has 0 N–H and O–H groups in total. The van der Waals surface area contributed by atoms with Gasteiger partial charge in [0.15, 0.2) is 0 Å². The summed E-state index contributed by atoms with van der Waals surface area (Å²) in [6.07, 6.45) is 14.2. The molecule has 0 fully saturated rings. The molecule has 29 heavy (non-hydrogen) atoms. The Balaban J connectivity index is 4.36. The van der Waals surface area contributed by atoms with Crippen molar-refractivity contribution in [1.29, 1.82) is 0 Å². The first-order chi connectivity index (χ1) is 13.4. The van der Waals surface area contributed by atoms with E-state index < -0.39 is 0 Å². The van der Waals surface area contributed by atoms with E-state index in [4.69, 9.17) is 0 Å². The Bertz CT molecular complexity index is 377. The third kappa shape index (κ3) is 12.4. The maximum atomic E-state index is 2.61. The van der Waals surface area contributed by atoms with Crippen molar-refractivity contribution in [1.82, 2.24) is 0 Å². The van der Waals surface area contributed by atoms with Crippen LogP contribution in [0.3, 0.4) is 0 Å². The van der Waals surface area contributed by atoms with Crippen LogP contribution in [-0.4, -0.2) is 0 Å². The van der Waals surface area contributed by atoms with E-state index >= 15 is 0 Å². The van der Waals surface area contributed by atoms with E-state index in [2.05, 4.69) is 76.2 Å². The van der Waals surface area contributed by atoms with Gasteiger partial charge in [0, 0.05) is 0 Å². The molecule has 0 amide bonds. The number of rotatable bonds is 17. The number of hydrogen-bond donors (Lipinski definition) is 0. The Morgan fingerprint density at radius 3 is 1.38 bits per heavy atom. The van der Waals surface area contributed by atoms with Crippen molar-refractivity contribution in [2.24, 2.45) is 46.8 Å². The SMILES string of the molecule is CC(C)CCCC(C)CCCC(C)CCCC(C)(C(C)C)C(CC(C)C)C(C)C. The predicted molar refractivity (Wildman–Crippen MR) is 135 cm³/mol. The molecule has 0 aromatic heterocycles. The largest absolute Gasteiger partial charge is 0.0628 e. The standard InChI is InChI=1S/C29H60/c1-22(2)15-12-16-26(9)17-13-18-27(10)19-14-20-29(11,25(7)8)28(24(5)6)21-23(3)4/h22-28H,12-21H2,1-11H3. The van der Waals surface area contributed by atoms with Gasteiger partial charge in [-0.05, 0) is 59.7 Å². The highest BCUT2D eigenvalue weighted by Gasteiger charge is 2.38. The zero-order valence-electron chi connectivity index (χ0n) is 22.6. The van der Waals surface area contributed by atoms with E-state index in [1.807, 2.05) is 0 Å². The quantitative estimate of drug-likeness (QED) is 0.224. The van der Waals surface area contributed by atoms with Gasteiger partial charge in [-0.1, -0.05) is 128 Å². The van der Waals surface area contributed by atoms with Crippen LogP contribution in [0.1, 0.15) is 140 Å². The van der Waals surface area contributed by atoms with Crippen LogP contribution < -0.4 is 0 Å². The van der Waals surface area contributed by atoms with Gasteiger partial charge in [-0.15, -0.1) is 0 Å². The van der Waals surface area contributed by atoms with Crippen LogP contribution in [0.4, 0.5) is 0 Å². The van der Waals surface area contributed by atoms with E-state index in [0.717, 1.165) is 41.4 Å². The zero-order valence-corrected chi connectivity index (χ0v) is 22.6. The van der Waals surface area contributed by atoms with Crippen molar-refractivity contribution >= 4 is 0 Å². The minimum absolute atomic E-state index is 0.489. The Morgan fingerprint density at radius 1 is 0.552 bits per heavy atom. The molecule has 0 aliphatic heterocycles. The van der Waals surface area contributed by atoms with Crippen molar-refractivity contribution < 1.29 is 0 Å². The average molecular weight is 409 g/mol. The summed E-state index contributed by atoms with van der Waals surface area (Å²) in [5.41, 5.74) is 0.489. The third-order valence-electron chi connectivity index (χ3n) is 7.98. The summed E-state index contributed by atoms with van der Waals surface area (Å²) in [5, 5.41) is 0. The van der Waals surface area contributed by atoms with Crippen molar-refractivity contribution in [3.63, 3.8) is 0 Å². The first-order valence-electron chi connectivity index (χ1n) is 13.4. The molecule has 0 bridgehead atoms. The van der Waals surface area contributed by atoms with Gasteiger partial charge < -0.3 is 0 Å². The summed E-state index contributed by atoms with van der Waals surface area (Å²) in [5.74, 6) is 5.92. The normalized spacial score (nSPS) is 17.9. The maximum Gasteiger partial charge on any atom is -0.0272 e. The van der Waals surface area contributed by atoms with Crippen molar-refractivity contribution in [3.8, 4) is 0 Å². The second kappa shape index (κ2) is 14.9. The van der Waals surface area contributed by atoms with Gasteiger partial charge in [-0.3, -0.25) is 0 Å². The second-order valence-electron chi connectivity index (χ2n) is 12.5. The fourth-order valence-corrected chi connectivity index (χ4v) is 5.52. The summed E-state index contributed by atoms with van der Waals surface area (Å²) >= 11 is 0. The Morgan fingerprint density at radius 2 is 1.00 bits per heavy atom. The summed E-state index contributed by atoms with van der Waals surface area (Å²) in [7, 11) is 0. The fourth-order valence-electron chi connectivity index (χ4n) is 5.52. The molecule has 0 rings (SSSR count). The lowest BCUT2D eigenvalue weighted by Gasteiger charge is -2.45. The van der Waals surface area contributed by atoms with E-state index in [1.165, 1.54) is 64.2 Å². The maximum absolute atomic E-state index is 2.61. The molecular formula is C29H60. The van der Waals surface area contributed by atoms with Gasteiger partial charge in [-0.2, -0.15) is 0 Å². The van der Waals surface area contributed by atoms with Crippen LogP contribution in [-0.2, 0) is 0 Å². The predicted octanol–water partition coefficient (Wildman–Crippen LogP) is 10.4. The van der Waals surface area contributed by atoms with Crippen LogP contribution in [0, 0.1) is 46.8 Å². The highest BCUT2D eigenvalue weighted by molar-refractivity contribution is 4.87. The van der Waals surface area contributed by atoms with Crippen LogP contribution in [0.25, 0.3) is 0 Å². The Labute approximate surface area is 187 Å². The minimum Gasteiger partial charge on any atom is -0.0628 e. The van der Waals surface area contributed by atoms with Crippen LogP contribution in [0.2, 0.25) is 0 Å². The molecule has 0 saturated carbocycles. The lowest BCUT2D eigenvalue weighted by Crippen LogP contribution is -2.37. The van der Waals surface area contributed by atoms with Gasteiger partial charge in [-0.25, -0.2) is 0 Å². The molecule has 0 saturated heterocycles. The molecule has 4 unspecified atom stereocenters. The van der Waals surface area contributed by atoms with Crippen molar-refractivity contribution in [2.45, 2.75) is 140 Å². The van der Waals surface area contributed by atoms with Gasteiger partial charge in [0.2, 0.25) is 0 Å². The smallest absolute Gasteiger partial charge is 0.0272 e. The van der Waals surface area contributed by atoms with E-state index in [0.29, 0.717) is 5.41 Å². The van der Waals surface area contributed by atoms with Crippen molar-refractivity contribution in [2.75, 3.05) is 0 Å². The second-order valence-corrected chi connectivity index (χ2v) is 12.5. The monoisotopic (exact) mass is 408 g/mol. The molecule has 0 nitrogen and oxygen atoms in total. The summed E-state index contributed by atoms with van der Waals surface area (Å²) in [4.78, 5) is 0. The molecule has 0 heteroatoms. The summed E-state index contributed by atoms with van der Waals surface area (Å²) in [6.45, 7) is 26.9.